The third-order valence-electron chi connectivity index (χ3n) is 7.45. The molecule has 4 rings (SSSR count). The van der Waals surface area contributed by atoms with Gasteiger partial charge in [0.2, 0.25) is 5.91 Å². The number of likely N-dealkylation sites (tertiary alicyclic amines) is 1. The third kappa shape index (κ3) is 6.49. The molecule has 3 atom stereocenters. The minimum Gasteiger partial charge on any atom is -0.447 e. The third-order valence-corrected chi connectivity index (χ3v) is 7.45. The number of imide groups is 1. The largest absolute Gasteiger partial charge is 0.447 e. The summed E-state index contributed by atoms with van der Waals surface area (Å²) >= 11 is 0. The summed E-state index contributed by atoms with van der Waals surface area (Å²) in [5.41, 5.74) is -2.41. The van der Waals surface area contributed by atoms with Crippen LogP contribution in [0.2, 0.25) is 0 Å². The van der Waals surface area contributed by atoms with Crippen molar-refractivity contribution < 1.29 is 41.4 Å². The molecule has 2 aromatic rings. The van der Waals surface area contributed by atoms with Crippen molar-refractivity contribution in [2.24, 2.45) is 0 Å². The predicted molar refractivity (Wildman–Crippen MR) is 141 cm³/mol. The van der Waals surface area contributed by atoms with Crippen LogP contribution >= 0.6 is 0 Å². The van der Waals surface area contributed by atoms with Crippen LogP contribution in [0, 0.1) is 5.82 Å². The molecule has 2 aliphatic rings. The molecule has 2 saturated heterocycles. The van der Waals surface area contributed by atoms with E-state index in [1.807, 2.05) is 30.3 Å². The molecule has 7 nitrogen and oxygen atoms in total. The number of cyclic esters (lactones) is 1. The van der Waals surface area contributed by atoms with Crippen molar-refractivity contribution in [3.8, 4) is 0 Å². The molecule has 0 aromatic heterocycles. The van der Waals surface area contributed by atoms with Gasteiger partial charge in [0.25, 0.3) is 0 Å². The summed E-state index contributed by atoms with van der Waals surface area (Å²) in [5, 5.41) is 0. The van der Waals surface area contributed by atoms with E-state index >= 15 is 0 Å². The van der Waals surface area contributed by atoms with E-state index in [9.17, 15) is 31.9 Å². The van der Waals surface area contributed by atoms with Gasteiger partial charge in [0, 0.05) is 5.54 Å². The average molecular weight is 579 g/mol. The Labute approximate surface area is 236 Å². The minimum absolute atomic E-state index is 0.0838. The summed E-state index contributed by atoms with van der Waals surface area (Å²) in [4.78, 5) is 43.0. The van der Waals surface area contributed by atoms with Crippen molar-refractivity contribution in [1.82, 2.24) is 9.80 Å². The molecule has 11 heteroatoms. The number of hydrogen-bond donors (Lipinski definition) is 0. The van der Waals surface area contributed by atoms with Crippen LogP contribution < -0.4 is 0 Å². The van der Waals surface area contributed by atoms with Crippen LogP contribution in [0.1, 0.15) is 70.1 Å². The van der Waals surface area contributed by atoms with Crippen LogP contribution in [0.5, 0.6) is 0 Å². The lowest BCUT2D eigenvalue weighted by molar-refractivity contribution is -0.140. The van der Waals surface area contributed by atoms with E-state index in [0.717, 1.165) is 16.5 Å². The number of carbonyl (C=O) groups excluding carboxylic acids is 3. The number of amides is 3. The molecule has 41 heavy (non-hydrogen) atoms. The van der Waals surface area contributed by atoms with Crippen LogP contribution in [0.3, 0.4) is 0 Å². The molecule has 0 N–H and O–H groups in total. The Morgan fingerprint density at radius 3 is 2.34 bits per heavy atom. The van der Waals surface area contributed by atoms with Gasteiger partial charge in [0.05, 0.1) is 23.6 Å². The van der Waals surface area contributed by atoms with E-state index in [0.29, 0.717) is 18.6 Å². The van der Waals surface area contributed by atoms with Crippen LogP contribution in [0.4, 0.5) is 27.2 Å². The zero-order valence-corrected chi connectivity index (χ0v) is 23.6. The molecule has 2 aromatic carbocycles. The summed E-state index contributed by atoms with van der Waals surface area (Å²) in [6, 6.07) is 9.74. The summed E-state index contributed by atoms with van der Waals surface area (Å²) in [6.45, 7) is 8.55. The predicted octanol–water partition coefficient (Wildman–Crippen LogP) is 6.70. The smallest absolute Gasteiger partial charge is 0.419 e. The minimum atomic E-state index is -4.94. The summed E-state index contributed by atoms with van der Waals surface area (Å²) in [6.07, 6.45) is -5.61. The lowest BCUT2D eigenvalue weighted by Crippen LogP contribution is -2.54. The molecular formula is C30H34F4N2O5. The number of alkyl halides is 3. The van der Waals surface area contributed by atoms with E-state index in [1.165, 1.54) is 4.90 Å². The van der Waals surface area contributed by atoms with Crippen molar-refractivity contribution in [3.05, 3.63) is 71.0 Å². The summed E-state index contributed by atoms with van der Waals surface area (Å²) in [7, 11) is 0. The number of hydrogen-bond acceptors (Lipinski definition) is 5. The van der Waals surface area contributed by atoms with Crippen LogP contribution in [-0.2, 0) is 26.9 Å². The highest BCUT2D eigenvalue weighted by molar-refractivity contribution is 5.98. The van der Waals surface area contributed by atoms with E-state index in [2.05, 4.69) is 0 Å². The fourth-order valence-corrected chi connectivity index (χ4v) is 5.61. The van der Waals surface area contributed by atoms with Crippen molar-refractivity contribution >= 4 is 18.1 Å². The van der Waals surface area contributed by atoms with Gasteiger partial charge in [-0.2, -0.15) is 13.2 Å². The van der Waals surface area contributed by atoms with Gasteiger partial charge in [-0.3, -0.25) is 9.69 Å². The molecule has 0 unspecified atom stereocenters. The molecule has 2 heterocycles. The van der Waals surface area contributed by atoms with Crippen molar-refractivity contribution in [3.63, 3.8) is 0 Å². The highest BCUT2D eigenvalue weighted by Gasteiger charge is 2.52. The Balaban J connectivity index is 1.80. The van der Waals surface area contributed by atoms with E-state index in [4.69, 9.17) is 9.47 Å². The van der Waals surface area contributed by atoms with E-state index < -0.39 is 64.8 Å². The number of nitrogens with zero attached hydrogens (tertiary/aromatic N) is 2. The highest BCUT2D eigenvalue weighted by atomic mass is 19.4. The van der Waals surface area contributed by atoms with Gasteiger partial charge < -0.3 is 9.47 Å². The number of benzene rings is 2. The molecule has 0 radical (unpaired) electrons. The lowest BCUT2D eigenvalue weighted by Gasteiger charge is -2.40. The molecule has 0 bridgehead atoms. The van der Waals surface area contributed by atoms with Gasteiger partial charge in [0.15, 0.2) is 0 Å². The first-order valence-corrected chi connectivity index (χ1v) is 13.4. The standard InChI is InChI=1S/C30H34F4N2O5/c1-28(2,3)41-27(39)36-23(13-14-29(36,4)5)24(19-11-12-21(22(31)16-19)30(32,33)34)25(37)35-20(17-40-26(35)38)15-18-9-7-6-8-10-18/h6-12,16,20,23-24H,13-15,17H2,1-5H3/t20-,23+,24+/m1/s1. The molecule has 222 valence electrons. The van der Waals surface area contributed by atoms with Gasteiger partial charge in [-0.25, -0.2) is 18.9 Å². The van der Waals surface area contributed by atoms with Crippen LogP contribution in [-0.4, -0.2) is 57.7 Å². The fourth-order valence-electron chi connectivity index (χ4n) is 5.61. The molecule has 0 spiro atoms. The first-order valence-electron chi connectivity index (χ1n) is 13.4. The monoisotopic (exact) mass is 578 g/mol. The first kappa shape index (κ1) is 30.3. The Kier molecular flexibility index (Phi) is 8.12. The zero-order valence-electron chi connectivity index (χ0n) is 23.6. The van der Waals surface area contributed by atoms with E-state index in [1.54, 1.807) is 34.6 Å². The number of carbonyl (C=O) groups is 3. The second-order valence-corrected chi connectivity index (χ2v) is 12.1. The maximum atomic E-state index is 14.9. The second kappa shape index (κ2) is 11.0. The summed E-state index contributed by atoms with van der Waals surface area (Å²) < 4.78 is 65.9. The Bertz CT molecular complexity index is 1310. The van der Waals surface area contributed by atoms with Gasteiger partial charge in [0.1, 0.15) is 18.0 Å². The highest BCUT2D eigenvalue weighted by Crippen LogP contribution is 2.43. The topological polar surface area (TPSA) is 76.2 Å². The molecular weight excluding hydrogens is 544 g/mol. The maximum Gasteiger partial charge on any atom is 0.419 e. The Hall–Kier alpha value is -3.63. The SMILES string of the molecule is CC(C)(C)OC(=O)N1[C@H]([C@@H](C(=O)N2C(=O)OC[C@H]2Cc2ccccc2)c2ccc(C(F)(F)F)c(F)c2)CCC1(C)C. The van der Waals surface area contributed by atoms with Crippen LogP contribution in [0.25, 0.3) is 0 Å². The second-order valence-electron chi connectivity index (χ2n) is 12.1. The molecule has 2 aliphatic heterocycles. The molecule has 2 fully saturated rings. The molecule has 0 aliphatic carbocycles. The Morgan fingerprint density at radius 2 is 1.76 bits per heavy atom. The van der Waals surface area contributed by atoms with Gasteiger partial charge in [-0.05, 0) is 77.1 Å². The summed E-state index contributed by atoms with van der Waals surface area (Å²) in [5.74, 6) is -3.72. The molecule has 0 saturated carbocycles. The Morgan fingerprint density at radius 1 is 1.10 bits per heavy atom. The van der Waals surface area contributed by atoms with Gasteiger partial charge in [-0.1, -0.05) is 36.4 Å². The number of halogens is 4. The average Bonchev–Trinajstić information content (AvgIpc) is 3.36. The van der Waals surface area contributed by atoms with Gasteiger partial charge >= 0.3 is 18.4 Å². The number of rotatable bonds is 5. The van der Waals surface area contributed by atoms with Gasteiger partial charge in [-0.15, -0.1) is 0 Å². The van der Waals surface area contributed by atoms with Crippen molar-refractivity contribution in [2.75, 3.05) is 6.61 Å². The quantitative estimate of drug-likeness (QED) is 0.369. The fraction of sp³-hybridized carbons (Fsp3) is 0.500. The van der Waals surface area contributed by atoms with E-state index in [-0.39, 0.29) is 25.0 Å². The van der Waals surface area contributed by atoms with Crippen molar-refractivity contribution in [1.29, 1.82) is 0 Å². The normalized spacial score (nSPS) is 21.5. The number of ether oxygens (including phenoxy) is 2. The van der Waals surface area contributed by atoms with Crippen LogP contribution in [0.15, 0.2) is 48.5 Å². The lowest BCUT2D eigenvalue weighted by atomic mass is 9.87. The molecule has 3 amide bonds. The van der Waals surface area contributed by atoms with Crippen molar-refractivity contribution in [2.45, 2.75) is 89.2 Å². The first-order chi connectivity index (χ1) is 19.0. The zero-order chi connectivity index (χ0) is 30.3. The maximum absolute atomic E-state index is 14.9.